The summed E-state index contributed by atoms with van der Waals surface area (Å²) in [5.74, 6) is -0.983. The van der Waals surface area contributed by atoms with Crippen LogP contribution in [-0.2, 0) is 4.74 Å². The molecule has 1 aromatic carbocycles. The lowest BCUT2D eigenvalue weighted by atomic mass is 10.1. The van der Waals surface area contributed by atoms with E-state index in [1.54, 1.807) is 26.2 Å². The normalized spacial score (nSPS) is 9.89. The highest BCUT2D eigenvalue weighted by atomic mass is 16.5. The highest BCUT2D eigenvalue weighted by Crippen LogP contribution is 2.14. The zero-order valence-corrected chi connectivity index (χ0v) is 10.3. The molecular weight excluding hydrogens is 236 g/mol. The summed E-state index contributed by atoms with van der Waals surface area (Å²) in [6.45, 7) is 2.52. The first-order valence-electron chi connectivity index (χ1n) is 5.42. The van der Waals surface area contributed by atoms with Crippen LogP contribution in [0.3, 0.4) is 0 Å². The van der Waals surface area contributed by atoms with Crippen molar-refractivity contribution in [2.75, 3.05) is 25.6 Å². The molecule has 1 rings (SSSR count). The Hall–Kier alpha value is -2.08. The Morgan fingerprint density at radius 2 is 2.11 bits per heavy atom. The minimum Gasteiger partial charge on any atom is -0.478 e. The van der Waals surface area contributed by atoms with Gasteiger partial charge in [0, 0.05) is 19.3 Å². The molecule has 0 saturated carbocycles. The molecule has 0 aliphatic carbocycles. The highest BCUT2D eigenvalue weighted by molar-refractivity contribution is 5.92. The molecule has 0 aliphatic rings. The summed E-state index contributed by atoms with van der Waals surface area (Å²) in [5, 5.41) is 14.1. The average molecular weight is 252 g/mol. The van der Waals surface area contributed by atoms with E-state index in [2.05, 4.69) is 10.6 Å². The van der Waals surface area contributed by atoms with Crippen molar-refractivity contribution in [1.29, 1.82) is 0 Å². The molecule has 6 heteroatoms. The zero-order chi connectivity index (χ0) is 13.5. The third-order valence-corrected chi connectivity index (χ3v) is 2.31. The van der Waals surface area contributed by atoms with Gasteiger partial charge >= 0.3 is 12.0 Å². The van der Waals surface area contributed by atoms with Crippen molar-refractivity contribution in [1.82, 2.24) is 5.32 Å². The number of carboxylic acid groups (broad SMARTS) is 1. The highest BCUT2D eigenvalue weighted by Gasteiger charge is 2.08. The lowest BCUT2D eigenvalue weighted by molar-refractivity contribution is 0.0696. The van der Waals surface area contributed by atoms with Crippen molar-refractivity contribution in [3.8, 4) is 0 Å². The van der Waals surface area contributed by atoms with Gasteiger partial charge in [-0.15, -0.1) is 0 Å². The summed E-state index contributed by atoms with van der Waals surface area (Å²) in [4.78, 5) is 22.2. The maximum atomic E-state index is 11.4. The van der Waals surface area contributed by atoms with E-state index < -0.39 is 5.97 Å². The van der Waals surface area contributed by atoms with Crippen LogP contribution in [0.4, 0.5) is 10.5 Å². The second kappa shape index (κ2) is 6.61. The number of nitrogens with one attached hydrogen (secondary N) is 2. The Morgan fingerprint density at radius 3 is 2.67 bits per heavy atom. The molecule has 0 aliphatic heterocycles. The van der Waals surface area contributed by atoms with Crippen LogP contribution in [0.15, 0.2) is 18.2 Å². The van der Waals surface area contributed by atoms with Gasteiger partial charge in [-0.3, -0.25) is 0 Å². The maximum absolute atomic E-state index is 11.4. The number of carbonyl (C=O) groups is 2. The second-order valence-electron chi connectivity index (χ2n) is 3.71. The van der Waals surface area contributed by atoms with Crippen LogP contribution in [0, 0.1) is 6.92 Å². The maximum Gasteiger partial charge on any atom is 0.335 e. The minimum atomic E-state index is -0.983. The van der Waals surface area contributed by atoms with Crippen LogP contribution in [-0.4, -0.2) is 37.4 Å². The molecule has 0 atom stereocenters. The Kier molecular flexibility index (Phi) is 5.13. The fourth-order valence-electron chi connectivity index (χ4n) is 1.42. The first-order chi connectivity index (χ1) is 8.54. The number of hydrogen-bond acceptors (Lipinski definition) is 3. The monoisotopic (exact) mass is 252 g/mol. The number of ether oxygens (including phenoxy) is 1. The van der Waals surface area contributed by atoms with E-state index in [4.69, 9.17) is 9.84 Å². The molecule has 0 radical (unpaired) electrons. The van der Waals surface area contributed by atoms with Gasteiger partial charge in [0.25, 0.3) is 0 Å². The summed E-state index contributed by atoms with van der Waals surface area (Å²) in [5.41, 5.74) is 1.37. The molecule has 3 N–H and O–H groups in total. The topological polar surface area (TPSA) is 87.7 Å². The largest absolute Gasteiger partial charge is 0.478 e. The van der Waals surface area contributed by atoms with Crippen LogP contribution >= 0.6 is 0 Å². The van der Waals surface area contributed by atoms with Crippen molar-refractivity contribution in [2.45, 2.75) is 6.92 Å². The van der Waals surface area contributed by atoms with Crippen molar-refractivity contribution >= 4 is 17.7 Å². The standard InChI is InChI=1S/C12H16N2O4/c1-8-7-9(3-4-10(8)11(15)16)14-12(17)13-5-6-18-2/h3-4,7H,5-6H2,1-2H3,(H,15,16)(H2,13,14,17). The molecule has 1 aromatic rings. The van der Waals surface area contributed by atoms with Crippen LogP contribution in [0.1, 0.15) is 15.9 Å². The summed E-state index contributed by atoms with van der Waals surface area (Å²) in [7, 11) is 1.55. The van der Waals surface area contributed by atoms with E-state index in [1.807, 2.05) is 0 Å². The average Bonchev–Trinajstić information content (AvgIpc) is 2.28. The van der Waals surface area contributed by atoms with Gasteiger partial charge in [0.1, 0.15) is 0 Å². The Bertz CT molecular complexity index is 446. The van der Waals surface area contributed by atoms with Gasteiger partial charge in [-0.1, -0.05) is 0 Å². The van der Waals surface area contributed by atoms with Gasteiger partial charge in [0.05, 0.1) is 12.2 Å². The van der Waals surface area contributed by atoms with Crippen LogP contribution in [0.5, 0.6) is 0 Å². The van der Waals surface area contributed by atoms with Gasteiger partial charge in [-0.2, -0.15) is 0 Å². The number of rotatable bonds is 5. The van der Waals surface area contributed by atoms with E-state index in [9.17, 15) is 9.59 Å². The number of carbonyl (C=O) groups excluding carboxylic acids is 1. The molecule has 18 heavy (non-hydrogen) atoms. The smallest absolute Gasteiger partial charge is 0.335 e. The molecule has 0 aromatic heterocycles. The van der Waals surface area contributed by atoms with Crippen molar-refractivity contribution in [3.63, 3.8) is 0 Å². The summed E-state index contributed by atoms with van der Waals surface area (Å²) in [6.07, 6.45) is 0. The van der Waals surface area contributed by atoms with Gasteiger partial charge in [-0.25, -0.2) is 9.59 Å². The molecule has 0 bridgehead atoms. The van der Waals surface area contributed by atoms with E-state index in [0.717, 1.165) is 0 Å². The number of aryl methyl sites for hydroxylation is 1. The Balaban J connectivity index is 2.60. The summed E-state index contributed by atoms with van der Waals surface area (Å²) >= 11 is 0. The third kappa shape index (κ3) is 4.06. The number of carboxylic acids is 1. The van der Waals surface area contributed by atoms with E-state index >= 15 is 0 Å². The number of aromatic carboxylic acids is 1. The molecule has 0 fully saturated rings. The fraction of sp³-hybridized carbons (Fsp3) is 0.333. The predicted molar refractivity (Wildman–Crippen MR) is 67.0 cm³/mol. The first-order valence-corrected chi connectivity index (χ1v) is 5.42. The third-order valence-electron chi connectivity index (χ3n) is 2.31. The van der Waals surface area contributed by atoms with Crippen molar-refractivity contribution in [3.05, 3.63) is 29.3 Å². The molecule has 0 spiro atoms. The molecule has 2 amide bonds. The second-order valence-corrected chi connectivity index (χ2v) is 3.71. The van der Waals surface area contributed by atoms with Gasteiger partial charge in [0.15, 0.2) is 0 Å². The number of methoxy groups -OCH3 is 1. The van der Waals surface area contributed by atoms with Gasteiger partial charge in [-0.05, 0) is 30.7 Å². The van der Waals surface area contributed by atoms with Crippen molar-refractivity contribution < 1.29 is 19.4 Å². The van der Waals surface area contributed by atoms with Crippen LogP contribution < -0.4 is 10.6 Å². The lowest BCUT2D eigenvalue weighted by Crippen LogP contribution is -2.31. The molecule has 0 saturated heterocycles. The predicted octanol–water partition coefficient (Wildman–Crippen LogP) is 1.46. The fourth-order valence-corrected chi connectivity index (χ4v) is 1.42. The van der Waals surface area contributed by atoms with Crippen LogP contribution in [0.25, 0.3) is 0 Å². The van der Waals surface area contributed by atoms with Crippen LogP contribution in [0.2, 0.25) is 0 Å². The van der Waals surface area contributed by atoms with Gasteiger partial charge < -0.3 is 20.5 Å². The first kappa shape index (κ1) is 14.0. The summed E-state index contributed by atoms with van der Waals surface area (Å²) < 4.78 is 4.80. The molecule has 0 heterocycles. The van der Waals surface area contributed by atoms with Gasteiger partial charge in [0.2, 0.25) is 0 Å². The molecule has 0 unspecified atom stereocenters. The van der Waals surface area contributed by atoms with E-state index in [0.29, 0.717) is 24.4 Å². The Morgan fingerprint density at radius 1 is 1.39 bits per heavy atom. The molecule has 6 nitrogen and oxygen atoms in total. The number of anilines is 1. The quantitative estimate of drug-likeness (QED) is 0.692. The SMILES string of the molecule is COCCNC(=O)Nc1ccc(C(=O)O)c(C)c1. The van der Waals surface area contributed by atoms with Crippen molar-refractivity contribution in [2.24, 2.45) is 0 Å². The Labute approximate surface area is 105 Å². The summed E-state index contributed by atoms with van der Waals surface area (Å²) in [6, 6.07) is 4.27. The zero-order valence-electron chi connectivity index (χ0n) is 10.3. The number of urea groups is 1. The number of amides is 2. The lowest BCUT2D eigenvalue weighted by Gasteiger charge is -2.08. The molecular formula is C12H16N2O4. The number of benzene rings is 1. The van der Waals surface area contributed by atoms with E-state index in [-0.39, 0.29) is 11.6 Å². The number of hydrogen-bond donors (Lipinski definition) is 3. The minimum absolute atomic E-state index is 0.223. The van der Waals surface area contributed by atoms with E-state index in [1.165, 1.54) is 6.07 Å². The molecule has 98 valence electrons.